The van der Waals surface area contributed by atoms with Crippen LogP contribution in [0.15, 0.2) is 12.1 Å². The highest BCUT2D eigenvalue weighted by molar-refractivity contribution is 6.34. The third kappa shape index (κ3) is 2.85. The van der Waals surface area contributed by atoms with Gasteiger partial charge in [-0.3, -0.25) is 9.59 Å². The average molecular weight is 301 g/mol. The molecule has 1 aliphatic heterocycles. The van der Waals surface area contributed by atoms with E-state index in [-0.39, 0.29) is 17.7 Å². The molecule has 1 heterocycles. The van der Waals surface area contributed by atoms with Crippen LogP contribution < -0.4 is 10.6 Å². The Hall–Kier alpha value is -1.26. The first-order chi connectivity index (χ1) is 8.83. The van der Waals surface area contributed by atoms with E-state index < -0.39 is 5.41 Å². The standard InChI is InChI=1S/C13H14Cl2N2O2/c1-13(2,6-14)12(19)17-10-3-7-4-11(18)16-9(7)5-8(10)15/h3,5H,4,6H2,1-2H3,(H,16,18)(H,17,19). The third-order valence-corrected chi connectivity index (χ3v) is 4.00. The lowest BCUT2D eigenvalue weighted by molar-refractivity contribution is -0.123. The number of carbonyl (C=O) groups excluding carboxylic acids is 2. The summed E-state index contributed by atoms with van der Waals surface area (Å²) in [5.41, 5.74) is 1.34. The van der Waals surface area contributed by atoms with Gasteiger partial charge in [-0.15, -0.1) is 11.6 Å². The molecule has 2 N–H and O–H groups in total. The van der Waals surface area contributed by atoms with Gasteiger partial charge in [0.15, 0.2) is 0 Å². The number of carbonyl (C=O) groups is 2. The van der Waals surface area contributed by atoms with Gasteiger partial charge in [0.25, 0.3) is 0 Å². The Morgan fingerprint density at radius 1 is 1.47 bits per heavy atom. The van der Waals surface area contributed by atoms with E-state index in [9.17, 15) is 9.59 Å². The van der Waals surface area contributed by atoms with Crippen LogP contribution in [-0.2, 0) is 16.0 Å². The minimum absolute atomic E-state index is 0.0735. The van der Waals surface area contributed by atoms with Gasteiger partial charge in [-0.05, 0) is 31.5 Å². The van der Waals surface area contributed by atoms with Gasteiger partial charge in [-0.2, -0.15) is 0 Å². The van der Waals surface area contributed by atoms with Crippen molar-refractivity contribution in [3.63, 3.8) is 0 Å². The van der Waals surface area contributed by atoms with E-state index >= 15 is 0 Å². The molecule has 1 aliphatic rings. The van der Waals surface area contributed by atoms with Crippen LogP contribution in [0.2, 0.25) is 5.02 Å². The molecule has 0 saturated carbocycles. The van der Waals surface area contributed by atoms with Gasteiger partial charge in [-0.1, -0.05) is 11.6 Å². The molecule has 1 aromatic rings. The fourth-order valence-electron chi connectivity index (χ4n) is 1.70. The van der Waals surface area contributed by atoms with Gasteiger partial charge < -0.3 is 10.6 Å². The molecule has 2 rings (SSSR count). The van der Waals surface area contributed by atoms with Crippen LogP contribution in [0.5, 0.6) is 0 Å². The zero-order chi connectivity index (χ0) is 14.2. The SMILES string of the molecule is CC(C)(CCl)C(=O)Nc1cc2c(cc1Cl)NC(=O)C2. The van der Waals surface area contributed by atoms with E-state index in [2.05, 4.69) is 10.6 Å². The molecule has 0 bridgehead atoms. The second-order valence-electron chi connectivity index (χ2n) is 5.19. The topological polar surface area (TPSA) is 58.2 Å². The molecule has 0 aliphatic carbocycles. The van der Waals surface area contributed by atoms with E-state index in [1.807, 2.05) is 0 Å². The van der Waals surface area contributed by atoms with E-state index in [1.54, 1.807) is 26.0 Å². The van der Waals surface area contributed by atoms with Gasteiger partial charge in [0.1, 0.15) is 0 Å². The van der Waals surface area contributed by atoms with Crippen molar-refractivity contribution in [2.75, 3.05) is 16.5 Å². The van der Waals surface area contributed by atoms with Crippen molar-refractivity contribution in [2.45, 2.75) is 20.3 Å². The fraction of sp³-hybridized carbons (Fsp3) is 0.385. The Labute approximate surface area is 121 Å². The summed E-state index contributed by atoms with van der Waals surface area (Å²) < 4.78 is 0. The van der Waals surface area contributed by atoms with Gasteiger partial charge >= 0.3 is 0 Å². The van der Waals surface area contributed by atoms with Crippen molar-refractivity contribution >= 4 is 46.4 Å². The number of hydrogen-bond donors (Lipinski definition) is 2. The number of amides is 2. The lowest BCUT2D eigenvalue weighted by Crippen LogP contribution is -2.32. The number of hydrogen-bond acceptors (Lipinski definition) is 2. The smallest absolute Gasteiger partial charge is 0.231 e. The minimum atomic E-state index is -0.683. The van der Waals surface area contributed by atoms with Crippen LogP contribution in [0.3, 0.4) is 0 Å². The Morgan fingerprint density at radius 3 is 2.79 bits per heavy atom. The molecule has 102 valence electrons. The first-order valence-electron chi connectivity index (χ1n) is 5.83. The average Bonchev–Trinajstić information content (AvgIpc) is 2.68. The van der Waals surface area contributed by atoms with Crippen molar-refractivity contribution < 1.29 is 9.59 Å². The highest BCUT2D eigenvalue weighted by atomic mass is 35.5. The summed E-state index contributed by atoms with van der Waals surface area (Å²) in [6.45, 7) is 3.50. The van der Waals surface area contributed by atoms with Crippen LogP contribution in [-0.4, -0.2) is 17.7 Å². The normalized spacial score (nSPS) is 14.0. The molecule has 0 fully saturated rings. The number of nitrogens with one attached hydrogen (secondary N) is 2. The number of benzene rings is 1. The molecule has 1 aromatic carbocycles. The highest BCUT2D eigenvalue weighted by Gasteiger charge is 2.28. The molecule has 0 unspecified atom stereocenters. The van der Waals surface area contributed by atoms with Crippen LogP contribution in [0, 0.1) is 5.41 Å². The molecule has 0 spiro atoms. The van der Waals surface area contributed by atoms with Crippen molar-refractivity contribution in [2.24, 2.45) is 5.41 Å². The predicted octanol–water partition coefficient (Wildman–Crippen LogP) is 3.04. The van der Waals surface area contributed by atoms with Gasteiger partial charge in [0.2, 0.25) is 11.8 Å². The predicted molar refractivity (Wildman–Crippen MR) is 76.9 cm³/mol. The van der Waals surface area contributed by atoms with Gasteiger partial charge in [0, 0.05) is 11.6 Å². The zero-order valence-corrected chi connectivity index (χ0v) is 12.2. The fourth-order valence-corrected chi connectivity index (χ4v) is 2.03. The number of alkyl halides is 1. The molecule has 0 saturated heterocycles. The Balaban J connectivity index is 2.25. The van der Waals surface area contributed by atoms with Crippen LogP contribution in [0.4, 0.5) is 11.4 Å². The monoisotopic (exact) mass is 300 g/mol. The molecule has 0 radical (unpaired) electrons. The molecule has 0 atom stereocenters. The molecular formula is C13H14Cl2N2O2. The maximum Gasteiger partial charge on any atom is 0.231 e. The number of anilines is 2. The molecule has 0 aromatic heterocycles. The molecule has 4 nitrogen and oxygen atoms in total. The van der Waals surface area contributed by atoms with E-state index in [0.717, 1.165) is 5.56 Å². The van der Waals surface area contributed by atoms with Crippen molar-refractivity contribution in [1.82, 2.24) is 0 Å². The summed E-state index contributed by atoms with van der Waals surface area (Å²) in [4.78, 5) is 23.3. The van der Waals surface area contributed by atoms with E-state index in [4.69, 9.17) is 23.2 Å². The molecule has 19 heavy (non-hydrogen) atoms. The summed E-state index contributed by atoms with van der Waals surface area (Å²) in [6.07, 6.45) is 0.300. The summed E-state index contributed by atoms with van der Waals surface area (Å²) >= 11 is 11.9. The summed E-state index contributed by atoms with van der Waals surface area (Å²) in [6, 6.07) is 3.36. The van der Waals surface area contributed by atoms with Crippen molar-refractivity contribution in [3.8, 4) is 0 Å². The Bertz CT molecular complexity index is 556. The second-order valence-corrected chi connectivity index (χ2v) is 5.86. The van der Waals surface area contributed by atoms with Crippen LogP contribution in [0.25, 0.3) is 0 Å². The second kappa shape index (κ2) is 5.02. The summed E-state index contributed by atoms with van der Waals surface area (Å²) in [5, 5.41) is 5.84. The lowest BCUT2D eigenvalue weighted by Gasteiger charge is -2.21. The Morgan fingerprint density at radius 2 is 2.16 bits per heavy atom. The maximum atomic E-state index is 12.0. The quantitative estimate of drug-likeness (QED) is 0.843. The molecule has 2 amide bonds. The molecule has 6 heteroatoms. The van der Waals surface area contributed by atoms with Gasteiger partial charge in [0.05, 0.1) is 22.5 Å². The third-order valence-electron chi connectivity index (χ3n) is 3.01. The first-order valence-corrected chi connectivity index (χ1v) is 6.74. The molecular weight excluding hydrogens is 287 g/mol. The summed E-state index contributed by atoms with van der Waals surface area (Å²) in [5.74, 6) is -0.0706. The van der Waals surface area contributed by atoms with E-state index in [1.165, 1.54) is 0 Å². The number of rotatable bonds is 3. The maximum absolute atomic E-state index is 12.0. The largest absolute Gasteiger partial charge is 0.325 e. The van der Waals surface area contributed by atoms with Gasteiger partial charge in [-0.25, -0.2) is 0 Å². The highest BCUT2D eigenvalue weighted by Crippen LogP contribution is 2.33. The first kappa shape index (κ1) is 14.2. The summed E-state index contributed by atoms with van der Waals surface area (Å²) in [7, 11) is 0. The lowest BCUT2D eigenvalue weighted by atomic mass is 9.95. The minimum Gasteiger partial charge on any atom is -0.325 e. The zero-order valence-electron chi connectivity index (χ0n) is 10.6. The van der Waals surface area contributed by atoms with Crippen LogP contribution in [0.1, 0.15) is 19.4 Å². The number of fused-ring (bicyclic) bond motifs is 1. The van der Waals surface area contributed by atoms with E-state index in [0.29, 0.717) is 22.8 Å². The van der Waals surface area contributed by atoms with Crippen LogP contribution >= 0.6 is 23.2 Å². The number of halogens is 2. The van der Waals surface area contributed by atoms with Crippen molar-refractivity contribution in [3.05, 3.63) is 22.7 Å². The van der Waals surface area contributed by atoms with Crippen molar-refractivity contribution in [1.29, 1.82) is 0 Å². The Kier molecular flexibility index (Phi) is 3.74.